The Morgan fingerprint density at radius 1 is 0.727 bits per heavy atom. The second-order valence-electron chi connectivity index (χ2n) is 9.51. The van der Waals surface area contributed by atoms with E-state index in [1.165, 1.54) is 51.4 Å². The maximum atomic E-state index is 2.70. The predicted octanol–water partition coefficient (Wildman–Crippen LogP) is 7.31. The zero-order chi connectivity index (χ0) is 16.5. The van der Waals surface area contributed by atoms with Crippen molar-refractivity contribution in [3.8, 4) is 0 Å². The highest BCUT2D eigenvalue weighted by atomic mass is 31.1. The third kappa shape index (κ3) is 3.29. The standard InChI is InChI=1S/C21H41P/c1-16(2)20(5)14-10-8-12-18(20)22(7)19-13-9-11-15-21(19,6)17(3)4/h16-19H,8-15H2,1-7H3. The van der Waals surface area contributed by atoms with Crippen molar-refractivity contribution >= 4 is 7.92 Å². The van der Waals surface area contributed by atoms with Crippen LogP contribution in [0.3, 0.4) is 0 Å². The van der Waals surface area contributed by atoms with E-state index in [4.69, 9.17) is 0 Å². The van der Waals surface area contributed by atoms with Crippen LogP contribution in [-0.2, 0) is 0 Å². The van der Waals surface area contributed by atoms with Gasteiger partial charge in [0.2, 0.25) is 0 Å². The number of hydrogen-bond acceptors (Lipinski definition) is 0. The molecule has 22 heavy (non-hydrogen) atoms. The molecule has 0 bridgehead atoms. The lowest BCUT2D eigenvalue weighted by Crippen LogP contribution is -2.45. The van der Waals surface area contributed by atoms with Gasteiger partial charge in [-0.2, -0.15) is 0 Å². The Labute approximate surface area is 142 Å². The first-order valence-corrected chi connectivity index (χ1v) is 11.9. The Morgan fingerprint density at radius 3 is 1.41 bits per heavy atom. The molecule has 0 aromatic carbocycles. The molecule has 4 unspecified atom stereocenters. The topological polar surface area (TPSA) is 0 Å². The van der Waals surface area contributed by atoms with Gasteiger partial charge in [-0.1, -0.05) is 67.2 Å². The highest BCUT2D eigenvalue weighted by molar-refractivity contribution is 7.58. The Bertz CT molecular complexity index is 327. The summed E-state index contributed by atoms with van der Waals surface area (Å²) >= 11 is 0. The molecule has 0 aromatic rings. The summed E-state index contributed by atoms with van der Waals surface area (Å²) in [5.41, 5.74) is 3.23. The summed E-state index contributed by atoms with van der Waals surface area (Å²) in [7, 11) is 0.142. The molecule has 2 saturated carbocycles. The van der Waals surface area contributed by atoms with Gasteiger partial charge in [-0.3, -0.25) is 0 Å². The van der Waals surface area contributed by atoms with Crippen LogP contribution in [0.1, 0.15) is 92.9 Å². The Kier molecular flexibility index (Phi) is 6.08. The van der Waals surface area contributed by atoms with E-state index in [9.17, 15) is 0 Å². The van der Waals surface area contributed by atoms with Crippen molar-refractivity contribution < 1.29 is 0 Å². The molecule has 0 radical (unpaired) electrons. The summed E-state index contributed by atoms with van der Waals surface area (Å²) in [5.74, 6) is 1.69. The Balaban J connectivity index is 2.25. The molecule has 0 heterocycles. The molecule has 2 rings (SSSR count). The van der Waals surface area contributed by atoms with E-state index in [0.717, 1.165) is 23.2 Å². The molecule has 2 aliphatic carbocycles. The summed E-state index contributed by atoms with van der Waals surface area (Å²) < 4.78 is 0. The molecule has 0 amide bonds. The molecule has 0 aromatic heterocycles. The molecule has 130 valence electrons. The molecule has 0 aliphatic heterocycles. The lowest BCUT2D eigenvalue weighted by atomic mass is 9.67. The van der Waals surface area contributed by atoms with E-state index in [0.29, 0.717) is 10.8 Å². The lowest BCUT2D eigenvalue weighted by molar-refractivity contribution is 0.133. The molecule has 1 heteroatoms. The van der Waals surface area contributed by atoms with Crippen molar-refractivity contribution in [2.75, 3.05) is 6.66 Å². The van der Waals surface area contributed by atoms with Crippen LogP contribution in [0.5, 0.6) is 0 Å². The van der Waals surface area contributed by atoms with Crippen molar-refractivity contribution in [1.82, 2.24) is 0 Å². The molecule has 2 fully saturated rings. The largest absolute Gasteiger partial charge is 0.102 e. The monoisotopic (exact) mass is 324 g/mol. The van der Waals surface area contributed by atoms with E-state index in [2.05, 4.69) is 48.2 Å². The zero-order valence-corrected chi connectivity index (χ0v) is 17.3. The van der Waals surface area contributed by atoms with Crippen LogP contribution >= 0.6 is 7.92 Å². The molecular formula is C21H41P. The van der Waals surface area contributed by atoms with Crippen LogP contribution < -0.4 is 0 Å². The van der Waals surface area contributed by atoms with Gasteiger partial charge in [-0.05, 0) is 66.3 Å². The van der Waals surface area contributed by atoms with E-state index in [1.54, 1.807) is 0 Å². The van der Waals surface area contributed by atoms with Crippen LogP contribution in [0.2, 0.25) is 0 Å². The SMILES string of the molecule is CC(C)C1(C)CCCCC1P(C)C1CCCCC1(C)C(C)C. The Morgan fingerprint density at radius 2 is 1.09 bits per heavy atom. The van der Waals surface area contributed by atoms with Gasteiger partial charge in [-0.15, -0.1) is 7.92 Å². The highest BCUT2D eigenvalue weighted by Gasteiger charge is 2.48. The fourth-order valence-electron chi connectivity index (χ4n) is 5.58. The summed E-state index contributed by atoms with van der Waals surface area (Å²) in [6, 6.07) is 0. The van der Waals surface area contributed by atoms with Crippen molar-refractivity contribution in [2.24, 2.45) is 22.7 Å². The molecule has 0 N–H and O–H groups in total. The van der Waals surface area contributed by atoms with Crippen molar-refractivity contribution in [3.63, 3.8) is 0 Å². The van der Waals surface area contributed by atoms with Gasteiger partial charge >= 0.3 is 0 Å². The summed E-state index contributed by atoms with van der Waals surface area (Å²) in [4.78, 5) is 0. The fourth-order valence-corrected chi connectivity index (χ4v) is 9.91. The maximum absolute atomic E-state index is 2.70. The van der Waals surface area contributed by atoms with Gasteiger partial charge in [0.1, 0.15) is 0 Å². The quantitative estimate of drug-likeness (QED) is 0.476. The highest BCUT2D eigenvalue weighted by Crippen LogP contribution is 2.65. The second-order valence-corrected chi connectivity index (χ2v) is 12.1. The van der Waals surface area contributed by atoms with Crippen LogP contribution in [0.4, 0.5) is 0 Å². The third-order valence-corrected chi connectivity index (χ3v) is 11.7. The molecule has 0 saturated heterocycles. The molecule has 2 aliphatic rings. The number of hydrogen-bond donors (Lipinski definition) is 0. The van der Waals surface area contributed by atoms with E-state index < -0.39 is 0 Å². The van der Waals surface area contributed by atoms with Crippen LogP contribution in [-0.4, -0.2) is 18.0 Å². The van der Waals surface area contributed by atoms with E-state index in [1.807, 2.05) is 0 Å². The van der Waals surface area contributed by atoms with E-state index >= 15 is 0 Å². The van der Waals surface area contributed by atoms with Crippen molar-refractivity contribution in [2.45, 2.75) is 104 Å². The molecule has 0 nitrogen and oxygen atoms in total. The molecule has 4 atom stereocenters. The first-order valence-electron chi connectivity index (χ1n) is 9.95. The minimum absolute atomic E-state index is 0.142. The second kappa shape index (κ2) is 7.13. The molecular weight excluding hydrogens is 283 g/mol. The average Bonchev–Trinajstić information content (AvgIpc) is 2.47. The molecule has 0 spiro atoms. The van der Waals surface area contributed by atoms with Gasteiger partial charge in [-0.25, -0.2) is 0 Å². The normalized spacial score (nSPS) is 41.9. The van der Waals surface area contributed by atoms with Crippen LogP contribution in [0.15, 0.2) is 0 Å². The van der Waals surface area contributed by atoms with Gasteiger partial charge in [0.25, 0.3) is 0 Å². The smallest absolute Gasteiger partial charge is 0.0153 e. The summed E-state index contributed by atoms with van der Waals surface area (Å²) in [5, 5.41) is 0. The third-order valence-electron chi connectivity index (χ3n) is 8.03. The predicted molar refractivity (Wildman–Crippen MR) is 103 cm³/mol. The van der Waals surface area contributed by atoms with Crippen molar-refractivity contribution in [3.05, 3.63) is 0 Å². The van der Waals surface area contributed by atoms with Gasteiger partial charge in [0, 0.05) is 0 Å². The zero-order valence-electron chi connectivity index (χ0n) is 16.4. The first-order chi connectivity index (χ1) is 10.2. The minimum Gasteiger partial charge on any atom is -0.102 e. The van der Waals surface area contributed by atoms with Gasteiger partial charge in [0.05, 0.1) is 0 Å². The van der Waals surface area contributed by atoms with Gasteiger partial charge < -0.3 is 0 Å². The first kappa shape index (κ1) is 18.8. The summed E-state index contributed by atoms with van der Waals surface area (Å²) in [6.07, 6.45) is 11.9. The van der Waals surface area contributed by atoms with Crippen LogP contribution in [0.25, 0.3) is 0 Å². The average molecular weight is 325 g/mol. The fraction of sp³-hybridized carbons (Fsp3) is 1.00. The number of rotatable bonds is 4. The van der Waals surface area contributed by atoms with Crippen molar-refractivity contribution in [1.29, 1.82) is 0 Å². The lowest BCUT2D eigenvalue weighted by Gasteiger charge is -2.55. The maximum Gasteiger partial charge on any atom is -0.0153 e. The minimum atomic E-state index is 0.142. The van der Waals surface area contributed by atoms with Gasteiger partial charge in [0.15, 0.2) is 0 Å². The summed E-state index contributed by atoms with van der Waals surface area (Å²) in [6.45, 7) is 17.9. The van der Waals surface area contributed by atoms with Crippen LogP contribution in [0, 0.1) is 22.7 Å². The van der Waals surface area contributed by atoms with E-state index in [-0.39, 0.29) is 7.92 Å². The Hall–Kier alpha value is 0.430.